The number of carbonyl (C=O) groups is 1. The average molecular weight is 318 g/mol. The summed E-state index contributed by atoms with van der Waals surface area (Å²) in [7, 11) is 1.41. The number of esters is 1. The van der Waals surface area contributed by atoms with Gasteiger partial charge < -0.3 is 10.1 Å². The van der Waals surface area contributed by atoms with Crippen LogP contribution in [0.1, 0.15) is 12.5 Å². The van der Waals surface area contributed by atoms with Gasteiger partial charge in [-0.1, -0.05) is 22.9 Å². The largest absolute Gasteiger partial charge is 0.468 e. The Bertz CT molecular complexity index is 385. The van der Waals surface area contributed by atoms with Gasteiger partial charge in [-0.2, -0.15) is 0 Å². The summed E-state index contributed by atoms with van der Waals surface area (Å²) in [6, 6.07) is 6.07. The van der Waals surface area contributed by atoms with Gasteiger partial charge in [-0.15, -0.1) is 11.8 Å². The normalized spacial score (nSPS) is 10.3. The second-order valence-corrected chi connectivity index (χ2v) is 5.33. The van der Waals surface area contributed by atoms with E-state index < -0.39 is 0 Å². The number of thioether (sulfide) groups is 1. The second-order valence-electron chi connectivity index (χ2n) is 3.40. The Hall–Kier alpha value is -0.520. The van der Waals surface area contributed by atoms with E-state index in [2.05, 4.69) is 39.0 Å². The Balaban J connectivity index is 2.71. The summed E-state index contributed by atoms with van der Waals surface area (Å²) in [5, 5.41) is 3.28. The summed E-state index contributed by atoms with van der Waals surface area (Å²) in [6.07, 6.45) is 0. The van der Waals surface area contributed by atoms with E-state index >= 15 is 0 Å². The summed E-state index contributed by atoms with van der Waals surface area (Å²) < 4.78 is 5.68. The van der Waals surface area contributed by atoms with Crippen LogP contribution in [0, 0.1) is 0 Å². The lowest BCUT2D eigenvalue weighted by molar-refractivity contribution is -0.137. The fraction of sp³-hybridized carbons (Fsp3) is 0.417. The van der Waals surface area contributed by atoms with E-state index in [9.17, 15) is 4.79 Å². The molecule has 0 bridgehead atoms. The van der Waals surface area contributed by atoms with Gasteiger partial charge in [-0.25, -0.2) is 0 Å². The molecule has 0 spiro atoms. The molecule has 0 radical (unpaired) electrons. The Morgan fingerprint density at radius 1 is 1.53 bits per heavy atom. The van der Waals surface area contributed by atoms with E-state index in [1.807, 2.05) is 12.1 Å². The Morgan fingerprint density at radius 2 is 2.29 bits per heavy atom. The predicted molar refractivity (Wildman–Crippen MR) is 74.3 cm³/mol. The maximum absolute atomic E-state index is 11.1. The molecule has 0 amide bonds. The van der Waals surface area contributed by atoms with Crippen molar-refractivity contribution in [2.24, 2.45) is 0 Å². The van der Waals surface area contributed by atoms with Crippen molar-refractivity contribution in [1.29, 1.82) is 0 Å². The minimum Gasteiger partial charge on any atom is -0.468 e. The monoisotopic (exact) mass is 317 g/mol. The highest BCUT2D eigenvalue weighted by Crippen LogP contribution is 2.26. The quantitative estimate of drug-likeness (QED) is 0.647. The van der Waals surface area contributed by atoms with Crippen LogP contribution in [0.15, 0.2) is 27.6 Å². The maximum atomic E-state index is 11.1. The molecular weight excluding hydrogens is 302 g/mol. The van der Waals surface area contributed by atoms with E-state index in [-0.39, 0.29) is 5.97 Å². The van der Waals surface area contributed by atoms with E-state index in [1.54, 1.807) is 0 Å². The van der Waals surface area contributed by atoms with E-state index in [1.165, 1.54) is 24.4 Å². The van der Waals surface area contributed by atoms with Crippen molar-refractivity contribution >= 4 is 33.7 Å². The molecule has 0 saturated carbocycles. The molecule has 0 aromatic heterocycles. The van der Waals surface area contributed by atoms with Gasteiger partial charge in [0.15, 0.2) is 0 Å². The lowest BCUT2D eigenvalue weighted by atomic mass is 10.2. The molecule has 5 heteroatoms. The number of benzene rings is 1. The van der Waals surface area contributed by atoms with Crippen LogP contribution in [0.3, 0.4) is 0 Å². The van der Waals surface area contributed by atoms with Crippen molar-refractivity contribution in [1.82, 2.24) is 5.32 Å². The minimum atomic E-state index is -0.202. The molecular formula is C12H16BrNO2S. The van der Waals surface area contributed by atoms with Crippen LogP contribution >= 0.6 is 27.7 Å². The average Bonchev–Trinajstić information content (AvgIpc) is 2.34. The van der Waals surface area contributed by atoms with Crippen molar-refractivity contribution in [3.05, 3.63) is 28.2 Å². The van der Waals surface area contributed by atoms with E-state index in [4.69, 9.17) is 0 Å². The first kappa shape index (κ1) is 14.5. The van der Waals surface area contributed by atoms with Gasteiger partial charge in [0.25, 0.3) is 0 Å². The molecule has 0 aliphatic rings. The Morgan fingerprint density at radius 3 is 2.94 bits per heavy atom. The van der Waals surface area contributed by atoms with E-state index in [0.29, 0.717) is 5.75 Å². The molecule has 0 fully saturated rings. The van der Waals surface area contributed by atoms with Crippen LogP contribution < -0.4 is 5.32 Å². The summed E-state index contributed by atoms with van der Waals surface area (Å²) in [6.45, 7) is 3.80. The zero-order chi connectivity index (χ0) is 12.7. The molecule has 1 aromatic rings. The molecule has 17 heavy (non-hydrogen) atoms. The van der Waals surface area contributed by atoms with Crippen molar-refractivity contribution < 1.29 is 9.53 Å². The van der Waals surface area contributed by atoms with Crippen LogP contribution in [0.25, 0.3) is 0 Å². The molecule has 1 aromatic carbocycles. The molecule has 0 saturated heterocycles. The molecule has 0 aliphatic carbocycles. The van der Waals surface area contributed by atoms with Crippen LogP contribution in [0.5, 0.6) is 0 Å². The van der Waals surface area contributed by atoms with Gasteiger partial charge in [0.05, 0.1) is 12.9 Å². The van der Waals surface area contributed by atoms with E-state index in [0.717, 1.165) is 22.5 Å². The number of halogens is 1. The summed E-state index contributed by atoms with van der Waals surface area (Å²) in [5.41, 5.74) is 1.19. The fourth-order valence-electron chi connectivity index (χ4n) is 1.28. The Labute approximate surface area is 114 Å². The Kier molecular flexibility index (Phi) is 6.62. The van der Waals surface area contributed by atoms with Gasteiger partial charge in [0, 0.05) is 15.9 Å². The van der Waals surface area contributed by atoms with Crippen molar-refractivity contribution in [2.45, 2.75) is 18.4 Å². The first-order chi connectivity index (χ1) is 8.17. The van der Waals surface area contributed by atoms with Crippen LogP contribution in [-0.4, -0.2) is 25.4 Å². The second kappa shape index (κ2) is 7.74. The maximum Gasteiger partial charge on any atom is 0.315 e. The van der Waals surface area contributed by atoms with Crippen LogP contribution in [0.4, 0.5) is 0 Å². The van der Waals surface area contributed by atoms with Crippen molar-refractivity contribution in [2.75, 3.05) is 19.4 Å². The predicted octanol–water partition coefficient (Wildman–Crippen LogP) is 2.82. The number of rotatable bonds is 6. The smallest absolute Gasteiger partial charge is 0.315 e. The van der Waals surface area contributed by atoms with Gasteiger partial charge in [-0.05, 0) is 30.3 Å². The lowest BCUT2D eigenvalue weighted by Crippen LogP contribution is -2.12. The summed E-state index contributed by atoms with van der Waals surface area (Å²) >= 11 is 4.96. The molecule has 3 nitrogen and oxygen atoms in total. The third-order valence-corrected chi connectivity index (χ3v) is 3.74. The van der Waals surface area contributed by atoms with Gasteiger partial charge in [0.1, 0.15) is 0 Å². The van der Waals surface area contributed by atoms with Crippen molar-refractivity contribution in [3.8, 4) is 0 Å². The number of hydrogen-bond donors (Lipinski definition) is 1. The molecule has 0 atom stereocenters. The molecule has 94 valence electrons. The standard InChI is InChI=1S/C12H16BrNO2S/c1-3-14-7-9-6-10(13)4-5-11(9)17-8-12(15)16-2/h4-6,14H,3,7-8H2,1-2H3. The highest BCUT2D eigenvalue weighted by atomic mass is 79.9. The topological polar surface area (TPSA) is 38.3 Å². The zero-order valence-corrected chi connectivity index (χ0v) is 12.4. The number of nitrogens with one attached hydrogen (secondary N) is 1. The minimum absolute atomic E-state index is 0.202. The number of hydrogen-bond acceptors (Lipinski definition) is 4. The van der Waals surface area contributed by atoms with Crippen LogP contribution in [0.2, 0.25) is 0 Å². The number of ether oxygens (including phenoxy) is 1. The molecule has 1 N–H and O–H groups in total. The molecule has 0 aliphatic heterocycles. The van der Waals surface area contributed by atoms with Crippen LogP contribution in [-0.2, 0) is 16.1 Å². The number of carbonyl (C=O) groups excluding carboxylic acids is 1. The van der Waals surface area contributed by atoms with Gasteiger partial charge in [0.2, 0.25) is 0 Å². The van der Waals surface area contributed by atoms with Gasteiger partial charge in [-0.3, -0.25) is 4.79 Å². The molecule has 0 unspecified atom stereocenters. The fourth-order valence-corrected chi connectivity index (χ4v) is 2.56. The SMILES string of the molecule is CCNCc1cc(Br)ccc1SCC(=O)OC. The zero-order valence-electron chi connectivity index (χ0n) is 9.96. The third kappa shape index (κ3) is 5.10. The highest BCUT2D eigenvalue weighted by molar-refractivity contribution is 9.10. The lowest BCUT2D eigenvalue weighted by Gasteiger charge is -2.09. The highest BCUT2D eigenvalue weighted by Gasteiger charge is 2.07. The first-order valence-corrected chi connectivity index (χ1v) is 7.14. The summed E-state index contributed by atoms with van der Waals surface area (Å²) in [4.78, 5) is 12.2. The van der Waals surface area contributed by atoms with Gasteiger partial charge >= 0.3 is 5.97 Å². The molecule has 1 rings (SSSR count). The third-order valence-electron chi connectivity index (χ3n) is 2.16. The first-order valence-electron chi connectivity index (χ1n) is 5.36. The van der Waals surface area contributed by atoms with Crippen molar-refractivity contribution in [3.63, 3.8) is 0 Å². The number of methoxy groups -OCH3 is 1. The summed E-state index contributed by atoms with van der Waals surface area (Å²) in [5.74, 6) is 0.143. The molecule has 0 heterocycles.